The fraction of sp³-hybridized carbons (Fsp3) is 0.250. The zero-order valence-corrected chi connectivity index (χ0v) is 18.5. The number of hydrogen-bond acceptors (Lipinski definition) is 0. The summed E-state index contributed by atoms with van der Waals surface area (Å²) in [7, 11) is 2.20. The van der Waals surface area contributed by atoms with Crippen molar-refractivity contribution in [1.82, 2.24) is 0 Å². The van der Waals surface area contributed by atoms with Crippen molar-refractivity contribution in [3.8, 4) is 22.4 Å². The molecular weight excluding hydrogens is 361 g/mol. The average Bonchev–Trinajstić information content (AvgIpc) is 3.02. The topological polar surface area (TPSA) is 3.88 Å². The Balaban J connectivity index is 1.79. The molecule has 0 saturated carbocycles. The molecule has 0 atom stereocenters. The first-order chi connectivity index (χ1) is 14.3. The molecule has 3 heterocycles. The monoisotopic (exact) mass is 388 g/mol. The molecule has 0 fully saturated rings. The normalized spacial score (nSPS) is 13.6. The number of fused-ring (bicyclic) bond motifs is 5. The van der Waals surface area contributed by atoms with E-state index in [0.29, 0.717) is 6.71 Å². The maximum atomic E-state index is 2.51. The standard InChI is InChI=1S/C28H27BN/c1-17-10-11-21-20-8-6-7-9-22(20)29-23-15-18(16-28(2,3)4)14-19-12-13-30(5)27(25(19)23)24(17)26(21)29/h6-15H,16H2,1-5H3/q+1. The number of aromatic nitrogens is 1. The lowest BCUT2D eigenvalue weighted by atomic mass is 9.35. The Morgan fingerprint density at radius 3 is 2.50 bits per heavy atom. The summed E-state index contributed by atoms with van der Waals surface area (Å²) in [6.07, 6.45) is 3.33. The molecule has 0 bridgehead atoms. The highest BCUT2D eigenvalue weighted by molar-refractivity contribution is 7.01. The Hall–Kier alpha value is -2.87. The Morgan fingerprint density at radius 2 is 1.70 bits per heavy atom. The van der Waals surface area contributed by atoms with Crippen LogP contribution in [-0.2, 0) is 13.5 Å². The number of pyridine rings is 1. The molecule has 0 unspecified atom stereocenters. The zero-order chi connectivity index (χ0) is 20.8. The first-order valence-electron chi connectivity index (χ1n) is 11.0. The molecule has 4 aromatic rings. The summed E-state index contributed by atoms with van der Waals surface area (Å²) in [6, 6.07) is 20.9. The molecule has 146 valence electrons. The molecule has 6 rings (SSSR count). The first kappa shape index (κ1) is 17.9. The molecule has 0 amide bonds. The van der Waals surface area contributed by atoms with Crippen molar-refractivity contribution in [3.05, 3.63) is 71.9 Å². The SMILES string of the molecule is Cc1ccc2c3c1-c1c4c(cc(CC(C)(C)C)cc4cc[n+]1C)B3c1ccccc1-2. The molecule has 0 aliphatic carbocycles. The van der Waals surface area contributed by atoms with Gasteiger partial charge in [-0.2, -0.15) is 0 Å². The molecule has 3 aromatic carbocycles. The minimum atomic E-state index is 0.268. The van der Waals surface area contributed by atoms with Crippen molar-refractivity contribution in [1.29, 1.82) is 0 Å². The van der Waals surface area contributed by atoms with Gasteiger partial charge >= 0.3 is 0 Å². The quantitative estimate of drug-likeness (QED) is 0.296. The van der Waals surface area contributed by atoms with Crippen LogP contribution in [0.15, 0.2) is 60.8 Å². The van der Waals surface area contributed by atoms with E-state index >= 15 is 0 Å². The van der Waals surface area contributed by atoms with Crippen molar-refractivity contribution < 1.29 is 4.57 Å². The predicted molar refractivity (Wildman–Crippen MR) is 129 cm³/mol. The van der Waals surface area contributed by atoms with Crippen LogP contribution in [0.3, 0.4) is 0 Å². The van der Waals surface area contributed by atoms with Crippen LogP contribution in [0.1, 0.15) is 31.9 Å². The molecule has 0 saturated heterocycles. The van der Waals surface area contributed by atoms with E-state index in [1.807, 2.05) is 0 Å². The Kier molecular flexibility index (Phi) is 3.50. The molecule has 0 radical (unpaired) electrons. The molecule has 1 nitrogen and oxygen atoms in total. The van der Waals surface area contributed by atoms with E-state index in [-0.39, 0.29) is 5.41 Å². The van der Waals surface area contributed by atoms with Crippen LogP contribution < -0.4 is 21.0 Å². The van der Waals surface area contributed by atoms with E-state index in [1.165, 1.54) is 60.7 Å². The van der Waals surface area contributed by atoms with Gasteiger partial charge in [-0.15, -0.1) is 0 Å². The lowest BCUT2D eigenvalue weighted by molar-refractivity contribution is -0.659. The second kappa shape index (κ2) is 5.85. The van der Waals surface area contributed by atoms with Crippen LogP contribution >= 0.6 is 0 Å². The third-order valence-electron chi connectivity index (χ3n) is 6.91. The van der Waals surface area contributed by atoms with Gasteiger partial charge in [0.2, 0.25) is 12.4 Å². The lowest BCUT2D eigenvalue weighted by Crippen LogP contribution is -2.54. The van der Waals surface area contributed by atoms with Gasteiger partial charge in [-0.25, -0.2) is 4.57 Å². The maximum Gasteiger partial charge on any atom is 0.245 e. The third-order valence-corrected chi connectivity index (χ3v) is 6.91. The Bertz CT molecular complexity index is 1370. The van der Waals surface area contributed by atoms with Crippen molar-refractivity contribution in [2.24, 2.45) is 12.5 Å². The fourth-order valence-corrected chi connectivity index (χ4v) is 5.89. The molecular formula is C28H27BN+. The number of aryl methyl sites for hydroxylation is 2. The smallest absolute Gasteiger partial charge is 0.200 e. The summed E-state index contributed by atoms with van der Waals surface area (Å²) in [5.74, 6) is 0. The highest BCUT2D eigenvalue weighted by atomic mass is 14.9. The number of benzene rings is 3. The second-order valence-corrected chi connectivity index (χ2v) is 10.4. The van der Waals surface area contributed by atoms with Gasteiger partial charge < -0.3 is 0 Å². The predicted octanol–water partition coefficient (Wildman–Crippen LogP) is 4.04. The lowest BCUT2D eigenvalue weighted by Gasteiger charge is -2.26. The average molecular weight is 388 g/mol. The van der Waals surface area contributed by atoms with Crippen LogP contribution in [-0.4, -0.2) is 6.71 Å². The minimum absolute atomic E-state index is 0.268. The van der Waals surface area contributed by atoms with Crippen molar-refractivity contribution in [2.75, 3.05) is 0 Å². The molecule has 2 aliphatic rings. The molecule has 30 heavy (non-hydrogen) atoms. The first-order valence-corrected chi connectivity index (χ1v) is 11.0. The van der Waals surface area contributed by atoms with Gasteiger partial charge in [-0.05, 0) is 51.9 Å². The third kappa shape index (κ3) is 2.34. The van der Waals surface area contributed by atoms with Gasteiger partial charge in [0.25, 0.3) is 0 Å². The van der Waals surface area contributed by atoms with E-state index < -0.39 is 0 Å². The Morgan fingerprint density at radius 1 is 0.900 bits per heavy atom. The van der Waals surface area contributed by atoms with E-state index in [9.17, 15) is 0 Å². The number of rotatable bonds is 1. The van der Waals surface area contributed by atoms with Gasteiger partial charge in [0.1, 0.15) is 7.05 Å². The van der Waals surface area contributed by atoms with Gasteiger partial charge in [0.05, 0.1) is 0 Å². The molecule has 1 aromatic heterocycles. The second-order valence-electron chi connectivity index (χ2n) is 10.4. The van der Waals surface area contributed by atoms with Crippen molar-refractivity contribution >= 4 is 33.9 Å². The summed E-state index contributed by atoms with van der Waals surface area (Å²) in [4.78, 5) is 0. The van der Waals surface area contributed by atoms with Crippen molar-refractivity contribution in [2.45, 2.75) is 34.1 Å². The molecule has 2 heteroatoms. The Labute approximate surface area is 179 Å². The van der Waals surface area contributed by atoms with Gasteiger partial charge in [-0.1, -0.05) is 80.2 Å². The van der Waals surface area contributed by atoms with E-state index in [4.69, 9.17) is 0 Å². The van der Waals surface area contributed by atoms with E-state index in [0.717, 1.165) is 6.42 Å². The zero-order valence-electron chi connectivity index (χ0n) is 18.5. The molecule has 2 aliphatic heterocycles. The highest BCUT2D eigenvalue weighted by Crippen LogP contribution is 2.37. The summed E-state index contributed by atoms with van der Waals surface area (Å²) in [5.41, 5.74) is 13.2. The minimum Gasteiger partial charge on any atom is -0.200 e. The van der Waals surface area contributed by atoms with Crippen molar-refractivity contribution in [3.63, 3.8) is 0 Å². The largest absolute Gasteiger partial charge is 0.245 e. The van der Waals surface area contributed by atoms with E-state index in [2.05, 4.69) is 100 Å². The van der Waals surface area contributed by atoms with Gasteiger partial charge in [-0.3, -0.25) is 0 Å². The van der Waals surface area contributed by atoms with Crippen LogP contribution in [0.4, 0.5) is 0 Å². The summed E-state index contributed by atoms with van der Waals surface area (Å²) < 4.78 is 2.33. The molecule has 0 N–H and O–H groups in total. The summed E-state index contributed by atoms with van der Waals surface area (Å²) in [6.45, 7) is 9.61. The fourth-order valence-electron chi connectivity index (χ4n) is 5.89. The van der Waals surface area contributed by atoms with Gasteiger partial charge in [0.15, 0.2) is 6.20 Å². The van der Waals surface area contributed by atoms with E-state index in [1.54, 1.807) is 0 Å². The van der Waals surface area contributed by atoms with Crippen LogP contribution in [0.5, 0.6) is 0 Å². The van der Waals surface area contributed by atoms with Crippen LogP contribution in [0.2, 0.25) is 0 Å². The summed E-state index contributed by atoms with van der Waals surface area (Å²) in [5, 5.41) is 2.81. The van der Waals surface area contributed by atoms with Crippen LogP contribution in [0, 0.1) is 12.3 Å². The summed E-state index contributed by atoms with van der Waals surface area (Å²) >= 11 is 0. The van der Waals surface area contributed by atoms with Gasteiger partial charge in [0, 0.05) is 17.0 Å². The molecule has 0 spiro atoms. The maximum absolute atomic E-state index is 2.51. The highest BCUT2D eigenvalue weighted by Gasteiger charge is 2.43. The number of hydrogen-bond donors (Lipinski definition) is 0. The number of nitrogens with zero attached hydrogens (tertiary/aromatic N) is 1. The van der Waals surface area contributed by atoms with Crippen LogP contribution in [0.25, 0.3) is 33.2 Å².